The van der Waals surface area contributed by atoms with E-state index in [9.17, 15) is 58.5 Å². The van der Waals surface area contributed by atoms with Crippen molar-refractivity contribution >= 4 is 53.3 Å². The molecule has 2 aromatic carbocycles. The SMILES string of the molecule is CC(C)CC(N)C(=O)NC(CO)C(=O)N1CCCC1C(=O)NC(Cc1ccccc1)C(=O)N1CCCC1C(=O)NC(Cc1ccccc1)C(=O)NC(CC(=O)O)C(=O)NC(CC(C)C)C(=O)O. The Morgan fingerprint density at radius 2 is 1.01 bits per heavy atom. The molecule has 2 aliphatic rings. The summed E-state index contributed by atoms with van der Waals surface area (Å²) in [6.07, 6.45) is 0.603. The summed E-state index contributed by atoms with van der Waals surface area (Å²) in [4.78, 5) is 123. The molecule has 0 bridgehead atoms. The predicted molar refractivity (Wildman–Crippen MR) is 243 cm³/mol. The molecule has 67 heavy (non-hydrogen) atoms. The van der Waals surface area contributed by atoms with Crippen LogP contribution in [0.3, 0.4) is 0 Å². The second-order valence-electron chi connectivity index (χ2n) is 18.0. The minimum absolute atomic E-state index is 0.00591. The largest absolute Gasteiger partial charge is 0.481 e. The fourth-order valence-corrected chi connectivity index (χ4v) is 8.35. The molecule has 2 aliphatic heterocycles. The van der Waals surface area contributed by atoms with Crippen LogP contribution in [0, 0.1) is 11.8 Å². The smallest absolute Gasteiger partial charge is 0.326 e. The fourth-order valence-electron chi connectivity index (χ4n) is 8.35. The Morgan fingerprint density at radius 1 is 0.582 bits per heavy atom. The highest BCUT2D eigenvalue weighted by Crippen LogP contribution is 2.23. The van der Waals surface area contributed by atoms with Gasteiger partial charge in [0.25, 0.3) is 0 Å². The van der Waals surface area contributed by atoms with Gasteiger partial charge in [0.15, 0.2) is 0 Å². The Bertz CT molecular complexity index is 2050. The van der Waals surface area contributed by atoms with Crippen LogP contribution in [0.15, 0.2) is 60.7 Å². The third-order valence-corrected chi connectivity index (χ3v) is 11.7. The van der Waals surface area contributed by atoms with Crippen molar-refractivity contribution in [2.45, 2.75) is 134 Å². The van der Waals surface area contributed by atoms with E-state index in [1.165, 1.54) is 9.80 Å². The first-order valence-corrected chi connectivity index (χ1v) is 22.8. The van der Waals surface area contributed by atoms with Gasteiger partial charge in [0.1, 0.15) is 42.3 Å². The van der Waals surface area contributed by atoms with Gasteiger partial charge in [0, 0.05) is 25.9 Å². The maximum absolute atomic E-state index is 14.6. The van der Waals surface area contributed by atoms with Crippen molar-refractivity contribution < 1.29 is 58.5 Å². The van der Waals surface area contributed by atoms with E-state index in [1.54, 1.807) is 74.5 Å². The van der Waals surface area contributed by atoms with Crippen molar-refractivity contribution in [1.29, 1.82) is 0 Å². The van der Waals surface area contributed by atoms with Gasteiger partial charge in [-0.15, -0.1) is 0 Å². The Hall–Kier alpha value is -6.41. The number of rotatable bonds is 24. The van der Waals surface area contributed by atoms with E-state index in [0.717, 1.165) is 0 Å². The lowest BCUT2D eigenvalue weighted by Gasteiger charge is -2.32. The number of carboxylic acid groups (broad SMARTS) is 2. The van der Waals surface area contributed by atoms with Crippen LogP contribution < -0.4 is 32.3 Å². The molecule has 366 valence electrons. The van der Waals surface area contributed by atoms with Crippen molar-refractivity contribution in [2.24, 2.45) is 17.6 Å². The molecule has 8 atom stereocenters. The lowest BCUT2D eigenvalue weighted by Crippen LogP contribution is -2.60. The zero-order valence-electron chi connectivity index (χ0n) is 38.5. The topological polar surface area (TPSA) is 307 Å². The molecule has 2 aromatic rings. The minimum atomic E-state index is -1.71. The molecular weight excluding hydrogens is 869 g/mol. The van der Waals surface area contributed by atoms with E-state index in [1.807, 2.05) is 13.8 Å². The standard InChI is InChI=1S/C47H66N8O12/c1-27(2)21-31(48)40(59)53-36(26-56)46(65)55-20-12-18-38(55)44(63)51-34(24-30-15-9-6-10-16-30)45(64)54-19-11-17-37(54)43(62)50-32(23-29-13-7-5-8-14-29)41(60)49-33(25-39(57)58)42(61)52-35(47(66)67)22-28(3)4/h5-10,13-16,27-28,31-38,56H,11-12,17-26,48H2,1-4H3,(H,49,60)(H,50,62)(H,51,63)(H,52,61)(H,53,59)(H,57,58)(H,66,67). The number of carbonyl (C=O) groups excluding carboxylic acids is 7. The van der Waals surface area contributed by atoms with Gasteiger partial charge in [-0.1, -0.05) is 88.4 Å². The summed E-state index contributed by atoms with van der Waals surface area (Å²) >= 11 is 0. The second-order valence-corrected chi connectivity index (χ2v) is 18.0. The average molecular weight is 935 g/mol. The number of aliphatic hydroxyl groups excluding tert-OH is 1. The highest BCUT2D eigenvalue weighted by atomic mass is 16.4. The van der Waals surface area contributed by atoms with Gasteiger partial charge in [-0.05, 0) is 61.5 Å². The van der Waals surface area contributed by atoms with Crippen LogP contribution in [0.25, 0.3) is 0 Å². The van der Waals surface area contributed by atoms with Gasteiger partial charge in [0.2, 0.25) is 41.4 Å². The number of amides is 7. The van der Waals surface area contributed by atoms with Crippen molar-refractivity contribution in [3.8, 4) is 0 Å². The lowest BCUT2D eigenvalue weighted by molar-refractivity contribution is -0.145. The number of likely N-dealkylation sites (tertiary alicyclic amines) is 2. The molecule has 8 unspecified atom stereocenters. The third kappa shape index (κ3) is 15.9. The molecule has 20 heteroatoms. The van der Waals surface area contributed by atoms with E-state index in [4.69, 9.17) is 5.73 Å². The van der Waals surface area contributed by atoms with Gasteiger partial charge in [-0.25, -0.2) is 4.79 Å². The van der Waals surface area contributed by atoms with Crippen LogP contribution in [-0.2, 0) is 56.0 Å². The zero-order valence-corrected chi connectivity index (χ0v) is 38.5. The summed E-state index contributed by atoms with van der Waals surface area (Å²) in [5.41, 5.74) is 7.29. The van der Waals surface area contributed by atoms with Gasteiger partial charge in [-0.2, -0.15) is 0 Å². The third-order valence-electron chi connectivity index (χ3n) is 11.7. The minimum Gasteiger partial charge on any atom is -0.481 e. The number of aliphatic carboxylic acids is 2. The van der Waals surface area contributed by atoms with Crippen LogP contribution in [0.2, 0.25) is 0 Å². The second kappa shape index (κ2) is 25.5. The number of benzene rings is 2. The Morgan fingerprint density at radius 3 is 1.48 bits per heavy atom. The first-order valence-electron chi connectivity index (χ1n) is 22.8. The predicted octanol–water partition coefficient (Wildman–Crippen LogP) is -0.151. The molecule has 0 aliphatic carbocycles. The van der Waals surface area contributed by atoms with Crippen LogP contribution >= 0.6 is 0 Å². The first kappa shape index (κ1) is 53.2. The van der Waals surface area contributed by atoms with Gasteiger partial charge in [0.05, 0.1) is 19.1 Å². The van der Waals surface area contributed by atoms with Crippen LogP contribution in [-0.4, -0.2) is 146 Å². The van der Waals surface area contributed by atoms with Crippen molar-refractivity contribution in [3.63, 3.8) is 0 Å². The number of aliphatic hydroxyl groups is 1. The van der Waals surface area contributed by atoms with Crippen molar-refractivity contribution in [3.05, 3.63) is 71.8 Å². The average Bonchev–Trinajstić information content (AvgIpc) is 3.98. The van der Waals surface area contributed by atoms with Gasteiger partial charge in [-0.3, -0.25) is 38.4 Å². The Kier molecular flexibility index (Phi) is 20.2. The maximum atomic E-state index is 14.6. The van der Waals surface area contributed by atoms with E-state index < -0.39 is 115 Å². The monoisotopic (exact) mass is 934 g/mol. The molecule has 4 rings (SSSR count). The molecule has 2 saturated heterocycles. The quantitative estimate of drug-likeness (QED) is 0.0663. The molecule has 0 spiro atoms. The van der Waals surface area contributed by atoms with Gasteiger partial charge >= 0.3 is 11.9 Å². The molecule has 0 radical (unpaired) electrons. The normalized spacial score (nSPS) is 18.5. The Labute approximate surface area is 390 Å². The fraction of sp³-hybridized carbons (Fsp3) is 0.553. The lowest BCUT2D eigenvalue weighted by atomic mass is 10.0. The highest BCUT2D eigenvalue weighted by Gasteiger charge is 2.43. The summed E-state index contributed by atoms with van der Waals surface area (Å²) in [5.74, 6) is -8.13. The molecule has 20 nitrogen and oxygen atoms in total. The molecule has 2 heterocycles. The number of nitrogens with one attached hydrogen (secondary N) is 5. The molecular formula is C47H66N8O12. The molecule has 10 N–H and O–H groups in total. The van der Waals surface area contributed by atoms with Crippen molar-refractivity contribution in [2.75, 3.05) is 19.7 Å². The summed E-state index contributed by atoms with van der Waals surface area (Å²) < 4.78 is 0. The van der Waals surface area contributed by atoms with Crippen LogP contribution in [0.4, 0.5) is 0 Å². The number of nitrogens with two attached hydrogens (primary N) is 1. The summed E-state index contributed by atoms with van der Waals surface area (Å²) in [6.45, 7) is 6.78. The first-order chi connectivity index (χ1) is 31.8. The molecule has 2 fully saturated rings. The molecule has 0 saturated carbocycles. The van der Waals surface area contributed by atoms with E-state index in [0.29, 0.717) is 30.4 Å². The summed E-state index contributed by atoms with van der Waals surface area (Å²) in [7, 11) is 0. The van der Waals surface area contributed by atoms with E-state index >= 15 is 0 Å². The number of nitrogens with zero attached hydrogens (tertiary/aromatic N) is 2. The summed E-state index contributed by atoms with van der Waals surface area (Å²) in [5, 5.41) is 42.2. The van der Waals surface area contributed by atoms with Crippen molar-refractivity contribution in [1.82, 2.24) is 36.4 Å². The van der Waals surface area contributed by atoms with Gasteiger partial charge < -0.3 is 57.4 Å². The van der Waals surface area contributed by atoms with E-state index in [2.05, 4.69) is 26.6 Å². The highest BCUT2D eigenvalue weighted by molar-refractivity contribution is 5.98. The number of hydrogen-bond acceptors (Lipinski definition) is 11. The summed E-state index contributed by atoms with van der Waals surface area (Å²) in [6, 6.07) is 7.22. The molecule has 7 amide bonds. The maximum Gasteiger partial charge on any atom is 0.326 e. The van der Waals surface area contributed by atoms with Crippen LogP contribution in [0.1, 0.15) is 83.8 Å². The van der Waals surface area contributed by atoms with E-state index in [-0.39, 0.29) is 57.0 Å². The number of carboxylic acids is 2. The Balaban J connectivity index is 1.56. The molecule has 0 aromatic heterocycles. The zero-order chi connectivity index (χ0) is 49.4. The van der Waals surface area contributed by atoms with Crippen LogP contribution in [0.5, 0.6) is 0 Å². The number of hydrogen-bond donors (Lipinski definition) is 9. The number of carbonyl (C=O) groups is 9.